The molecule has 4 aromatic carbocycles. The number of carbonyl (C=O) groups excluding carboxylic acids is 1. The molecule has 0 radical (unpaired) electrons. The number of nitrogens with zero attached hydrogens (tertiary/aromatic N) is 1. The van der Waals surface area contributed by atoms with Crippen LogP contribution in [0.25, 0.3) is 11.1 Å². The van der Waals surface area contributed by atoms with Crippen molar-refractivity contribution < 1.29 is 33.6 Å². The molecule has 2 aliphatic rings. The molecule has 2 heterocycles. The maximum absolute atomic E-state index is 12.0. The molecule has 4 atom stereocenters. The molecule has 0 aliphatic carbocycles. The summed E-state index contributed by atoms with van der Waals surface area (Å²) in [6, 6.07) is 28.5. The van der Waals surface area contributed by atoms with Crippen molar-refractivity contribution in [2.45, 2.75) is 51.5 Å². The van der Waals surface area contributed by atoms with Crippen molar-refractivity contribution in [2.75, 3.05) is 33.9 Å². The second-order valence-electron chi connectivity index (χ2n) is 12.8. The van der Waals surface area contributed by atoms with Gasteiger partial charge in [-0.2, -0.15) is 0 Å². The molecule has 6 rings (SSSR count). The number of nitrogens with one attached hydrogen (secondary N) is 1. The molecule has 2 aliphatic heterocycles. The third kappa shape index (κ3) is 8.20. The maximum Gasteiger partial charge on any atom is 0.407 e. The molecule has 2 N–H and O–H groups in total. The molecule has 0 spiro atoms. The number of hydrogen-bond acceptors (Lipinski definition) is 8. The van der Waals surface area contributed by atoms with Gasteiger partial charge in [-0.1, -0.05) is 80.2 Å². The summed E-state index contributed by atoms with van der Waals surface area (Å²) >= 11 is 0. The van der Waals surface area contributed by atoms with E-state index in [1.165, 1.54) is 17.2 Å². The number of benzene rings is 4. The van der Waals surface area contributed by atoms with Crippen LogP contribution >= 0.6 is 0 Å². The predicted molar refractivity (Wildman–Crippen MR) is 192 cm³/mol. The number of amides is 1. The number of rotatable bonds is 12. The summed E-state index contributed by atoms with van der Waals surface area (Å²) in [7, 11) is 3.34. The van der Waals surface area contributed by atoms with E-state index in [0.717, 1.165) is 70.9 Å². The SMILES string of the molecule is C=CCOC(=O)NCc1cccc(-c2cccc([C@@H]3O[C@H](CN4CCc5cc(OC)c(OC)cc5C4)[C@H](C)[C@H](c4ccc(CO)cc4)O3)c2)c1. The lowest BCUT2D eigenvalue weighted by atomic mass is 9.89. The van der Waals surface area contributed by atoms with E-state index in [1.807, 2.05) is 48.5 Å². The highest BCUT2D eigenvalue weighted by atomic mass is 16.7. The monoisotopic (exact) mass is 678 g/mol. The van der Waals surface area contributed by atoms with E-state index in [9.17, 15) is 9.90 Å². The van der Waals surface area contributed by atoms with Crippen molar-refractivity contribution in [1.29, 1.82) is 0 Å². The Labute approximate surface area is 294 Å². The predicted octanol–water partition coefficient (Wildman–Crippen LogP) is 7.13. The summed E-state index contributed by atoms with van der Waals surface area (Å²) in [6.45, 7) is 8.70. The number of fused-ring (bicyclic) bond motifs is 1. The minimum Gasteiger partial charge on any atom is -0.493 e. The van der Waals surface area contributed by atoms with Crippen LogP contribution in [0.1, 0.15) is 52.7 Å². The molecular weight excluding hydrogens is 632 g/mol. The van der Waals surface area contributed by atoms with Crippen LogP contribution in [0.2, 0.25) is 0 Å². The molecule has 0 unspecified atom stereocenters. The normalized spacial score (nSPS) is 20.4. The fourth-order valence-corrected chi connectivity index (χ4v) is 6.77. The highest BCUT2D eigenvalue weighted by Crippen LogP contribution is 2.43. The molecule has 1 amide bonds. The number of alkyl carbamates (subject to hydrolysis) is 1. The zero-order chi connectivity index (χ0) is 35.0. The minimum atomic E-state index is -0.593. The summed E-state index contributed by atoms with van der Waals surface area (Å²) in [5, 5.41) is 12.4. The molecule has 9 nitrogen and oxygen atoms in total. The maximum atomic E-state index is 12.0. The quantitative estimate of drug-likeness (QED) is 0.153. The third-order valence-corrected chi connectivity index (χ3v) is 9.55. The van der Waals surface area contributed by atoms with E-state index >= 15 is 0 Å². The van der Waals surface area contributed by atoms with E-state index in [-0.39, 0.29) is 31.3 Å². The van der Waals surface area contributed by atoms with Gasteiger partial charge in [0.25, 0.3) is 0 Å². The Balaban J connectivity index is 1.24. The first-order valence-electron chi connectivity index (χ1n) is 17.1. The molecule has 4 aromatic rings. The third-order valence-electron chi connectivity index (χ3n) is 9.55. The summed E-state index contributed by atoms with van der Waals surface area (Å²) in [6.07, 6.45) is 1.04. The zero-order valence-electron chi connectivity index (χ0n) is 29.0. The smallest absolute Gasteiger partial charge is 0.407 e. The molecule has 0 aromatic heterocycles. The Hall–Kier alpha value is -4.67. The van der Waals surface area contributed by atoms with Crippen LogP contribution in [0.4, 0.5) is 4.79 Å². The average Bonchev–Trinajstić information content (AvgIpc) is 3.16. The first kappa shape index (κ1) is 35.2. The van der Waals surface area contributed by atoms with E-state index in [2.05, 4.69) is 60.1 Å². The second kappa shape index (κ2) is 16.4. The number of hydrogen-bond donors (Lipinski definition) is 2. The number of aliphatic hydroxyl groups is 1. The average molecular weight is 679 g/mol. The van der Waals surface area contributed by atoms with Crippen molar-refractivity contribution in [3.05, 3.63) is 131 Å². The van der Waals surface area contributed by atoms with Crippen LogP contribution in [0.3, 0.4) is 0 Å². The van der Waals surface area contributed by atoms with E-state index < -0.39 is 12.4 Å². The van der Waals surface area contributed by atoms with Crippen molar-refractivity contribution in [1.82, 2.24) is 10.2 Å². The largest absolute Gasteiger partial charge is 0.493 e. The standard InChI is InChI=1S/C41H46N2O7/c1-5-18-48-41(45)42-23-29-8-6-9-31(19-29)32-10-7-11-34(20-32)40-49-38(27(2)39(50-40)30-14-12-28(26-44)13-15-30)25-43-17-16-33-21-36(46-3)37(47-4)22-35(33)24-43/h5-15,19-22,27,38-40,44H,1,16-18,23-26H2,2-4H3,(H,42,45)/t27-,38+,39+,40+/m0/s1. The van der Waals surface area contributed by atoms with Gasteiger partial charge in [0.1, 0.15) is 6.61 Å². The topological polar surface area (TPSA) is 98.7 Å². The van der Waals surface area contributed by atoms with Gasteiger partial charge in [-0.3, -0.25) is 4.90 Å². The van der Waals surface area contributed by atoms with Gasteiger partial charge in [-0.15, -0.1) is 0 Å². The van der Waals surface area contributed by atoms with Crippen LogP contribution in [-0.4, -0.2) is 56.1 Å². The van der Waals surface area contributed by atoms with Gasteiger partial charge in [0.2, 0.25) is 0 Å². The lowest BCUT2D eigenvalue weighted by Crippen LogP contribution is -2.45. The lowest BCUT2D eigenvalue weighted by Gasteiger charge is -2.43. The van der Waals surface area contributed by atoms with Crippen molar-refractivity contribution >= 4 is 6.09 Å². The summed E-state index contributed by atoms with van der Waals surface area (Å²) < 4.78 is 29.8. The lowest BCUT2D eigenvalue weighted by molar-refractivity contribution is -0.276. The number of ether oxygens (including phenoxy) is 5. The van der Waals surface area contributed by atoms with Crippen LogP contribution in [0.15, 0.2) is 97.6 Å². The molecular formula is C41H46N2O7. The first-order chi connectivity index (χ1) is 24.4. The van der Waals surface area contributed by atoms with Gasteiger partial charge in [0.05, 0.1) is 33.0 Å². The highest BCUT2D eigenvalue weighted by molar-refractivity contribution is 5.68. The zero-order valence-corrected chi connectivity index (χ0v) is 29.0. The van der Waals surface area contributed by atoms with Crippen molar-refractivity contribution in [3.63, 3.8) is 0 Å². The van der Waals surface area contributed by atoms with Gasteiger partial charge in [-0.25, -0.2) is 4.79 Å². The van der Waals surface area contributed by atoms with Crippen LogP contribution in [0, 0.1) is 5.92 Å². The first-order valence-corrected chi connectivity index (χ1v) is 17.1. The van der Waals surface area contributed by atoms with E-state index in [4.69, 9.17) is 23.7 Å². The Morgan fingerprint density at radius 1 is 0.920 bits per heavy atom. The van der Waals surface area contributed by atoms with Crippen molar-refractivity contribution in [2.24, 2.45) is 5.92 Å². The Morgan fingerprint density at radius 3 is 2.36 bits per heavy atom. The Bertz CT molecular complexity index is 1780. The molecule has 50 heavy (non-hydrogen) atoms. The summed E-state index contributed by atoms with van der Waals surface area (Å²) in [4.78, 5) is 14.4. The minimum absolute atomic E-state index is 0.00767. The molecule has 0 bridgehead atoms. The van der Waals surface area contributed by atoms with Gasteiger partial charge >= 0.3 is 6.09 Å². The molecule has 9 heteroatoms. The second-order valence-corrected chi connectivity index (χ2v) is 12.8. The number of carbonyl (C=O) groups is 1. The molecule has 1 fully saturated rings. The Kier molecular flexibility index (Phi) is 11.5. The van der Waals surface area contributed by atoms with Crippen LogP contribution < -0.4 is 14.8 Å². The van der Waals surface area contributed by atoms with Gasteiger partial charge in [0.15, 0.2) is 17.8 Å². The van der Waals surface area contributed by atoms with Gasteiger partial charge in [-0.05, 0) is 69.6 Å². The number of methoxy groups -OCH3 is 2. The summed E-state index contributed by atoms with van der Waals surface area (Å²) in [5.41, 5.74) is 8.34. The van der Waals surface area contributed by atoms with Gasteiger partial charge < -0.3 is 34.1 Å². The highest BCUT2D eigenvalue weighted by Gasteiger charge is 2.39. The Morgan fingerprint density at radius 2 is 1.64 bits per heavy atom. The molecule has 0 saturated carbocycles. The molecule has 262 valence electrons. The van der Waals surface area contributed by atoms with Crippen molar-refractivity contribution in [3.8, 4) is 22.6 Å². The van der Waals surface area contributed by atoms with E-state index in [1.54, 1.807) is 14.2 Å². The molecule has 1 saturated heterocycles. The van der Waals surface area contributed by atoms with Crippen LogP contribution in [-0.2, 0) is 40.3 Å². The summed E-state index contributed by atoms with van der Waals surface area (Å²) in [5.74, 6) is 1.56. The van der Waals surface area contributed by atoms with Gasteiger partial charge in [0, 0.05) is 37.7 Å². The van der Waals surface area contributed by atoms with E-state index in [0.29, 0.717) is 6.54 Å². The fraction of sp³-hybridized carbons (Fsp3) is 0.341. The fourth-order valence-electron chi connectivity index (χ4n) is 6.77. The van der Waals surface area contributed by atoms with Crippen LogP contribution in [0.5, 0.6) is 11.5 Å². The number of aliphatic hydroxyl groups excluding tert-OH is 1.